The summed E-state index contributed by atoms with van der Waals surface area (Å²) in [5.74, 6) is 1.29. The Bertz CT molecular complexity index is 624. The average molecular weight is 314 g/mol. The minimum atomic E-state index is 0.506. The van der Waals surface area contributed by atoms with Crippen molar-refractivity contribution in [2.45, 2.75) is 25.2 Å². The van der Waals surface area contributed by atoms with Crippen LogP contribution in [0, 0.1) is 0 Å². The maximum atomic E-state index is 6.05. The van der Waals surface area contributed by atoms with Gasteiger partial charge in [-0.15, -0.1) is 0 Å². The van der Waals surface area contributed by atoms with Gasteiger partial charge in [-0.05, 0) is 36.6 Å². The molecule has 1 fully saturated rings. The fourth-order valence-corrected chi connectivity index (χ4v) is 2.51. The molecule has 0 unspecified atom stereocenters. The summed E-state index contributed by atoms with van der Waals surface area (Å²) < 4.78 is 0. The summed E-state index contributed by atoms with van der Waals surface area (Å²) in [4.78, 5) is 8.84. The Morgan fingerprint density at radius 1 is 1.00 bits per heavy atom. The van der Waals surface area contributed by atoms with Gasteiger partial charge in [0.25, 0.3) is 0 Å². The first kappa shape index (κ1) is 13.2. The van der Waals surface area contributed by atoms with Crippen LogP contribution in [0.3, 0.4) is 0 Å². The average Bonchev–Trinajstić information content (AvgIpc) is 3.17. The molecule has 0 aliphatic heterocycles. The number of hydrogen-bond donors (Lipinski definition) is 0. The molecule has 19 heavy (non-hydrogen) atoms. The fourth-order valence-electron chi connectivity index (χ4n) is 1.98. The van der Waals surface area contributed by atoms with E-state index in [1.807, 2.05) is 18.2 Å². The van der Waals surface area contributed by atoms with Gasteiger partial charge >= 0.3 is 0 Å². The molecule has 0 radical (unpaired) electrons. The second kappa shape index (κ2) is 5.28. The van der Waals surface area contributed by atoms with E-state index in [4.69, 9.17) is 34.8 Å². The molecule has 0 atom stereocenters. The smallest absolute Gasteiger partial charge is 0.134 e. The first-order valence-electron chi connectivity index (χ1n) is 6.09. The Balaban J connectivity index is 1.87. The van der Waals surface area contributed by atoms with E-state index in [2.05, 4.69) is 9.97 Å². The van der Waals surface area contributed by atoms with E-state index in [1.54, 1.807) is 6.07 Å². The van der Waals surface area contributed by atoms with E-state index in [1.165, 1.54) is 12.8 Å². The molecule has 5 heteroatoms. The molecule has 2 nitrogen and oxygen atoms in total. The zero-order chi connectivity index (χ0) is 13.4. The summed E-state index contributed by atoms with van der Waals surface area (Å²) in [5.41, 5.74) is 2.08. The summed E-state index contributed by atoms with van der Waals surface area (Å²) >= 11 is 18.0. The van der Waals surface area contributed by atoms with Gasteiger partial charge in [0.15, 0.2) is 0 Å². The third-order valence-corrected chi connectivity index (χ3v) is 4.04. The van der Waals surface area contributed by atoms with Crippen molar-refractivity contribution >= 4 is 34.8 Å². The number of aromatic nitrogens is 2. The van der Waals surface area contributed by atoms with Gasteiger partial charge in [0.05, 0.1) is 10.0 Å². The van der Waals surface area contributed by atoms with E-state index >= 15 is 0 Å². The highest BCUT2D eigenvalue weighted by Crippen LogP contribution is 2.39. The number of hydrogen-bond acceptors (Lipinski definition) is 2. The third-order valence-electron chi connectivity index (χ3n) is 3.10. The third kappa shape index (κ3) is 3.19. The van der Waals surface area contributed by atoms with Crippen molar-refractivity contribution in [1.82, 2.24) is 9.97 Å². The molecule has 1 aromatic heterocycles. The molecule has 1 aliphatic carbocycles. The minimum absolute atomic E-state index is 0.506. The van der Waals surface area contributed by atoms with Gasteiger partial charge < -0.3 is 0 Å². The topological polar surface area (TPSA) is 25.8 Å². The summed E-state index contributed by atoms with van der Waals surface area (Å²) in [6.45, 7) is 0. The van der Waals surface area contributed by atoms with Gasteiger partial charge in [-0.2, -0.15) is 0 Å². The molecule has 98 valence electrons. The lowest BCUT2D eigenvalue weighted by Crippen LogP contribution is -2.00. The molecule has 3 rings (SSSR count). The van der Waals surface area contributed by atoms with Crippen LogP contribution in [0.2, 0.25) is 15.2 Å². The van der Waals surface area contributed by atoms with Crippen molar-refractivity contribution in [3.63, 3.8) is 0 Å². The lowest BCUT2D eigenvalue weighted by molar-refractivity contribution is 0.900. The lowest BCUT2D eigenvalue weighted by Gasteiger charge is -2.05. The normalized spacial score (nSPS) is 14.7. The largest absolute Gasteiger partial charge is 0.237 e. The minimum Gasteiger partial charge on any atom is -0.237 e. The molecule has 0 amide bonds. The zero-order valence-corrected chi connectivity index (χ0v) is 12.3. The van der Waals surface area contributed by atoms with Crippen LogP contribution in [-0.4, -0.2) is 9.97 Å². The maximum Gasteiger partial charge on any atom is 0.134 e. The first-order valence-corrected chi connectivity index (χ1v) is 7.22. The summed E-state index contributed by atoms with van der Waals surface area (Å²) in [6, 6.07) is 7.41. The highest BCUT2D eigenvalue weighted by atomic mass is 35.5. The Labute approximate surface area is 126 Å². The van der Waals surface area contributed by atoms with E-state index in [-0.39, 0.29) is 0 Å². The Morgan fingerprint density at radius 3 is 2.47 bits per heavy atom. The number of benzene rings is 1. The molecule has 1 heterocycles. The van der Waals surface area contributed by atoms with Crippen molar-refractivity contribution in [2.75, 3.05) is 0 Å². The van der Waals surface area contributed by atoms with Crippen LogP contribution in [0.5, 0.6) is 0 Å². The second-order valence-electron chi connectivity index (χ2n) is 4.73. The molecule has 0 saturated heterocycles. The Morgan fingerprint density at radius 2 is 1.79 bits per heavy atom. The standard InChI is InChI=1S/C14H11Cl3N2/c15-10-4-1-8(5-11(10)16)6-14-18-12(9-2-3-9)7-13(17)19-14/h1,4-5,7,9H,2-3,6H2. The van der Waals surface area contributed by atoms with Crippen LogP contribution in [0.1, 0.15) is 35.8 Å². The first-order chi connectivity index (χ1) is 9.11. The zero-order valence-electron chi connectivity index (χ0n) is 10.0. The molecule has 2 aromatic rings. The van der Waals surface area contributed by atoms with Crippen molar-refractivity contribution < 1.29 is 0 Å². The van der Waals surface area contributed by atoms with Gasteiger partial charge in [0.1, 0.15) is 11.0 Å². The van der Waals surface area contributed by atoms with Crippen LogP contribution in [0.15, 0.2) is 24.3 Å². The van der Waals surface area contributed by atoms with E-state index in [0.29, 0.717) is 27.5 Å². The SMILES string of the molecule is Clc1cc(C2CC2)nc(Cc2ccc(Cl)c(Cl)c2)n1. The molecule has 1 aromatic carbocycles. The molecular formula is C14H11Cl3N2. The molecule has 0 bridgehead atoms. The quantitative estimate of drug-likeness (QED) is 0.753. The number of rotatable bonds is 3. The van der Waals surface area contributed by atoms with Crippen LogP contribution in [-0.2, 0) is 6.42 Å². The Kier molecular flexibility index (Phi) is 3.66. The fraction of sp³-hybridized carbons (Fsp3) is 0.286. The van der Waals surface area contributed by atoms with Crippen LogP contribution in [0.25, 0.3) is 0 Å². The van der Waals surface area contributed by atoms with Gasteiger partial charge in [-0.1, -0.05) is 40.9 Å². The van der Waals surface area contributed by atoms with E-state index in [0.717, 1.165) is 17.1 Å². The van der Waals surface area contributed by atoms with Crippen molar-refractivity contribution in [1.29, 1.82) is 0 Å². The summed E-state index contributed by atoms with van der Waals surface area (Å²) in [5, 5.41) is 1.60. The predicted octanol–water partition coefficient (Wildman–Crippen LogP) is 4.91. The van der Waals surface area contributed by atoms with Gasteiger partial charge in [-0.3, -0.25) is 0 Å². The van der Waals surface area contributed by atoms with Crippen molar-refractivity contribution in [2.24, 2.45) is 0 Å². The molecule has 0 spiro atoms. The summed E-state index contributed by atoms with van der Waals surface area (Å²) in [6.07, 6.45) is 3.00. The molecule has 0 N–H and O–H groups in total. The predicted molar refractivity (Wildman–Crippen MR) is 78.3 cm³/mol. The lowest BCUT2D eigenvalue weighted by atomic mass is 10.1. The van der Waals surface area contributed by atoms with Crippen LogP contribution >= 0.6 is 34.8 Å². The van der Waals surface area contributed by atoms with Crippen molar-refractivity contribution in [3.05, 3.63) is 56.5 Å². The monoisotopic (exact) mass is 312 g/mol. The van der Waals surface area contributed by atoms with Gasteiger partial charge in [0, 0.05) is 18.0 Å². The Hall–Kier alpha value is -0.830. The van der Waals surface area contributed by atoms with Gasteiger partial charge in [0.2, 0.25) is 0 Å². The molecular weight excluding hydrogens is 303 g/mol. The highest BCUT2D eigenvalue weighted by Gasteiger charge is 2.25. The van der Waals surface area contributed by atoms with Crippen molar-refractivity contribution in [3.8, 4) is 0 Å². The van der Waals surface area contributed by atoms with Gasteiger partial charge in [-0.25, -0.2) is 9.97 Å². The van der Waals surface area contributed by atoms with E-state index in [9.17, 15) is 0 Å². The number of nitrogens with zero attached hydrogens (tertiary/aromatic N) is 2. The maximum absolute atomic E-state index is 6.05. The van der Waals surface area contributed by atoms with Crippen LogP contribution < -0.4 is 0 Å². The van der Waals surface area contributed by atoms with E-state index < -0.39 is 0 Å². The molecule has 1 aliphatic rings. The number of halogens is 3. The van der Waals surface area contributed by atoms with Crippen LogP contribution in [0.4, 0.5) is 0 Å². The second-order valence-corrected chi connectivity index (χ2v) is 5.93. The molecule has 1 saturated carbocycles. The summed E-state index contributed by atoms with van der Waals surface area (Å²) in [7, 11) is 0. The highest BCUT2D eigenvalue weighted by molar-refractivity contribution is 6.42.